The van der Waals surface area contributed by atoms with E-state index in [4.69, 9.17) is 16.3 Å². The van der Waals surface area contributed by atoms with Crippen LogP contribution < -0.4 is 4.74 Å². The molecule has 6 heteroatoms. The number of halogens is 2. The standard InChI is InChI=1S/C10H9ClFNO3/c1-7(5-11)6-16-10-3-2-8(13(14)15)4-9(10)12/h2-4H,1,5-6H2. The zero-order valence-corrected chi connectivity index (χ0v) is 9.04. The van der Waals surface area contributed by atoms with Crippen LogP contribution in [0.25, 0.3) is 0 Å². The van der Waals surface area contributed by atoms with E-state index in [1.165, 1.54) is 12.1 Å². The Hall–Kier alpha value is -1.62. The van der Waals surface area contributed by atoms with Crippen molar-refractivity contribution >= 4 is 17.3 Å². The summed E-state index contributed by atoms with van der Waals surface area (Å²) in [4.78, 5) is 9.67. The maximum Gasteiger partial charge on any atom is 0.272 e. The molecule has 0 aliphatic rings. The summed E-state index contributed by atoms with van der Waals surface area (Å²) in [5.74, 6) is -0.623. The maximum atomic E-state index is 13.3. The van der Waals surface area contributed by atoms with Crippen molar-refractivity contribution in [3.05, 3.63) is 46.3 Å². The summed E-state index contributed by atoms with van der Waals surface area (Å²) in [5.41, 5.74) is 0.278. The molecule has 0 heterocycles. The van der Waals surface area contributed by atoms with Crippen molar-refractivity contribution in [2.45, 2.75) is 0 Å². The lowest BCUT2D eigenvalue weighted by Gasteiger charge is -2.07. The highest BCUT2D eigenvalue weighted by molar-refractivity contribution is 6.19. The predicted molar refractivity (Wildman–Crippen MR) is 58.4 cm³/mol. The van der Waals surface area contributed by atoms with Gasteiger partial charge < -0.3 is 4.74 Å². The van der Waals surface area contributed by atoms with Gasteiger partial charge in [-0.05, 0) is 11.6 Å². The third-order valence-electron chi connectivity index (χ3n) is 1.75. The zero-order valence-electron chi connectivity index (χ0n) is 8.28. The first-order valence-corrected chi connectivity index (χ1v) is 4.87. The van der Waals surface area contributed by atoms with Crippen molar-refractivity contribution in [3.8, 4) is 5.75 Å². The fourth-order valence-electron chi connectivity index (χ4n) is 0.939. The molecule has 16 heavy (non-hydrogen) atoms. The van der Waals surface area contributed by atoms with Crippen LogP contribution in [0.5, 0.6) is 5.75 Å². The van der Waals surface area contributed by atoms with Crippen LogP contribution in [0.15, 0.2) is 30.4 Å². The number of nitrogens with zero attached hydrogens (tertiary/aromatic N) is 1. The van der Waals surface area contributed by atoms with Crippen molar-refractivity contribution in [2.24, 2.45) is 0 Å². The minimum Gasteiger partial charge on any atom is -0.486 e. The molecule has 0 aromatic heterocycles. The highest BCUT2D eigenvalue weighted by atomic mass is 35.5. The van der Waals surface area contributed by atoms with E-state index in [1.54, 1.807) is 0 Å². The van der Waals surface area contributed by atoms with Gasteiger partial charge >= 0.3 is 0 Å². The smallest absolute Gasteiger partial charge is 0.272 e. The molecule has 1 aromatic carbocycles. The lowest BCUT2D eigenvalue weighted by Crippen LogP contribution is -2.03. The molecule has 0 amide bonds. The van der Waals surface area contributed by atoms with E-state index in [0.717, 1.165) is 6.07 Å². The molecule has 86 valence electrons. The van der Waals surface area contributed by atoms with E-state index >= 15 is 0 Å². The molecule has 0 saturated heterocycles. The number of benzene rings is 1. The Morgan fingerprint density at radius 1 is 1.62 bits per heavy atom. The Labute approximate surface area is 96.4 Å². The van der Waals surface area contributed by atoms with E-state index < -0.39 is 10.7 Å². The molecule has 0 fully saturated rings. The lowest BCUT2D eigenvalue weighted by atomic mass is 10.3. The number of hydrogen-bond donors (Lipinski definition) is 0. The summed E-state index contributed by atoms with van der Waals surface area (Å²) in [6.45, 7) is 3.66. The topological polar surface area (TPSA) is 52.4 Å². The van der Waals surface area contributed by atoms with E-state index in [0.29, 0.717) is 5.57 Å². The molecule has 0 unspecified atom stereocenters. The summed E-state index contributed by atoms with van der Waals surface area (Å²) < 4.78 is 18.3. The lowest BCUT2D eigenvalue weighted by molar-refractivity contribution is -0.385. The van der Waals surface area contributed by atoms with Gasteiger partial charge in [-0.2, -0.15) is 0 Å². The first kappa shape index (κ1) is 12.4. The van der Waals surface area contributed by atoms with Crippen LogP contribution in [-0.4, -0.2) is 17.4 Å². The highest BCUT2D eigenvalue weighted by Crippen LogP contribution is 2.22. The van der Waals surface area contributed by atoms with Crippen LogP contribution in [0.4, 0.5) is 10.1 Å². The highest BCUT2D eigenvalue weighted by Gasteiger charge is 2.11. The number of rotatable bonds is 5. The average Bonchev–Trinajstić information content (AvgIpc) is 2.26. The minimum absolute atomic E-state index is 0.0585. The number of ether oxygens (including phenoxy) is 1. The van der Waals surface area contributed by atoms with Gasteiger partial charge in [0.1, 0.15) is 6.61 Å². The van der Waals surface area contributed by atoms with E-state index in [9.17, 15) is 14.5 Å². The van der Waals surface area contributed by atoms with E-state index in [2.05, 4.69) is 6.58 Å². The van der Waals surface area contributed by atoms with Crippen molar-refractivity contribution in [1.29, 1.82) is 0 Å². The van der Waals surface area contributed by atoms with Gasteiger partial charge in [-0.3, -0.25) is 10.1 Å². The summed E-state index contributed by atoms with van der Waals surface area (Å²) in [6.07, 6.45) is 0. The van der Waals surface area contributed by atoms with Crippen LogP contribution in [0, 0.1) is 15.9 Å². The third-order valence-corrected chi connectivity index (χ3v) is 2.13. The molecule has 0 spiro atoms. The molecule has 0 N–H and O–H groups in total. The summed E-state index contributed by atoms with van der Waals surface area (Å²) >= 11 is 5.46. The molecule has 0 radical (unpaired) electrons. The van der Waals surface area contributed by atoms with Gasteiger partial charge in [0.25, 0.3) is 5.69 Å². The molecule has 0 saturated carbocycles. The fraction of sp³-hybridized carbons (Fsp3) is 0.200. The van der Waals surface area contributed by atoms with Gasteiger partial charge in [0.2, 0.25) is 0 Å². The Kier molecular flexibility index (Phi) is 4.25. The number of nitro groups is 1. The first-order chi connectivity index (χ1) is 7.54. The predicted octanol–water partition coefficient (Wildman–Crippen LogP) is 2.91. The molecule has 1 rings (SSSR count). The Morgan fingerprint density at radius 2 is 2.31 bits per heavy atom. The number of nitro benzene ring substituents is 1. The molecule has 0 atom stereocenters. The van der Waals surface area contributed by atoms with Crippen LogP contribution in [0.1, 0.15) is 0 Å². The Balaban J connectivity index is 2.75. The average molecular weight is 246 g/mol. The van der Waals surface area contributed by atoms with Crippen molar-refractivity contribution in [3.63, 3.8) is 0 Å². The molecular formula is C10H9ClFNO3. The second-order valence-electron chi connectivity index (χ2n) is 3.04. The SMILES string of the molecule is C=C(CCl)COc1ccc([N+](=O)[O-])cc1F. The fourth-order valence-corrected chi connectivity index (χ4v) is 1.02. The Morgan fingerprint density at radius 3 is 2.81 bits per heavy atom. The third kappa shape index (κ3) is 3.20. The van der Waals surface area contributed by atoms with Gasteiger partial charge in [0, 0.05) is 11.9 Å². The maximum absolute atomic E-state index is 13.3. The largest absolute Gasteiger partial charge is 0.486 e. The zero-order chi connectivity index (χ0) is 12.1. The molecular weight excluding hydrogens is 237 g/mol. The number of alkyl halides is 1. The summed E-state index contributed by atoms with van der Waals surface area (Å²) in [6, 6.07) is 3.18. The number of hydrogen-bond acceptors (Lipinski definition) is 3. The van der Waals surface area contributed by atoms with Gasteiger partial charge in [-0.25, -0.2) is 4.39 Å². The summed E-state index contributed by atoms with van der Waals surface area (Å²) in [7, 11) is 0. The van der Waals surface area contributed by atoms with Gasteiger partial charge in [-0.15, -0.1) is 11.6 Å². The van der Waals surface area contributed by atoms with Crippen LogP contribution >= 0.6 is 11.6 Å². The molecule has 0 bridgehead atoms. The molecule has 0 aliphatic heterocycles. The van der Waals surface area contributed by atoms with E-state index in [-0.39, 0.29) is 23.9 Å². The van der Waals surface area contributed by atoms with Crippen molar-refractivity contribution < 1.29 is 14.1 Å². The monoisotopic (exact) mass is 245 g/mol. The quantitative estimate of drug-likeness (QED) is 0.347. The van der Waals surface area contributed by atoms with Crippen molar-refractivity contribution in [1.82, 2.24) is 0 Å². The van der Waals surface area contributed by atoms with Crippen molar-refractivity contribution in [2.75, 3.05) is 12.5 Å². The first-order valence-electron chi connectivity index (χ1n) is 4.34. The molecule has 4 nitrogen and oxygen atoms in total. The van der Waals surface area contributed by atoms with E-state index in [1.807, 2.05) is 0 Å². The minimum atomic E-state index is -0.781. The Bertz CT molecular complexity index is 423. The van der Waals surface area contributed by atoms with Gasteiger partial charge in [-0.1, -0.05) is 6.58 Å². The van der Waals surface area contributed by atoms with Crippen LogP contribution in [0.3, 0.4) is 0 Å². The van der Waals surface area contributed by atoms with Crippen LogP contribution in [0.2, 0.25) is 0 Å². The summed E-state index contributed by atoms with van der Waals surface area (Å²) in [5, 5.41) is 10.3. The normalized spacial score (nSPS) is 9.88. The number of non-ortho nitro benzene ring substituents is 1. The molecule has 1 aromatic rings. The second kappa shape index (κ2) is 5.46. The van der Waals surface area contributed by atoms with Gasteiger partial charge in [0.15, 0.2) is 11.6 Å². The van der Waals surface area contributed by atoms with Gasteiger partial charge in [0.05, 0.1) is 11.0 Å². The van der Waals surface area contributed by atoms with Crippen LogP contribution in [-0.2, 0) is 0 Å². The second-order valence-corrected chi connectivity index (χ2v) is 3.31. The molecule has 0 aliphatic carbocycles.